The van der Waals surface area contributed by atoms with E-state index >= 15 is 0 Å². The van der Waals surface area contributed by atoms with Gasteiger partial charge in [0.25, 0.3) is 0 Å². The van der Waals surface area contributed by atoms with E-state index in [-0.39, 0.29) is 6.10 Å². The van der Waals surface area contributed by atoms with Gasteiger partial charge in [0.1, 0.15) is 0 Å². The van der Waals surface area contributed by atoms with E-state index in [1.165, 1.54) is 0 Å². The van der Waals surface area contributed by atoms with Crippen LogP contribution >= 0.6 is 11.3 Å². The molecule has 96 valence electrons. The van der Waals surface area contributed by atoms with Crippen LogP contribution in [-0.4, -0.2) is 28.6 Å². The van der Waals surface area contributed by atoms with Gasteiger partial charge in [0.2, 0.25) is 0 Å². The maximum absolute atomic E-state index is 10.1. The summed E-state index contributed by atoms with van der Waals surface area (Å²) in [7, 11) is 2.05. The molecule has 1 heterocycles. The molecule has 2 rings (SSSR count). The van der Waals surface area contributed by atoms with E-state index in [0.717, 1.165) is 30.8 Å². The lowest BCUT2D eigenvalue weighted by Crippen LogP contribution is -2.21. The van der Waals surface area contributed by atoms with E-state index in [4.69, 9.17) is 0 Å². The molecular weight excluding hydrogens is 244 g/mol. The van der Waals surface area contributed by atoms with Crippen LogP contribution in [0, 0.1) is 0 Å². The van der Waals surface area contributed by atoms with E-state index in [1.54, 1.807) is 11.3 Å². The molecule has 1 atom stereocenters. The van der Waals surface area contributed by atoms with Crippen LogP contribution in [0.15, 0.2) is 41.2 Å². The molecule has 0 aliphatic heterocycles. The molecule has 0 aliphatic carbocycles. The molecule has 3 nitrogen and oxygen atoms in total. The van der Waals surface area contributed by atoms with Gasteiger partial charge in [0, 0.05) is 18.5 Å². The Morgan fingerprint density at radius 2 is 2.11 bits per heavy atom. The highest BCUT2D eigenvalue weighted by Crippen LogP contribution is 2.16. The number of benzene rings is 1. The van der Waals surface area contributed by atoms with Crippen molar-refractivity contribution in [3.63, 3.8) is 0 Å². The Morgan fingerprint density at radius 3 is 2.78 bits per heavy atom. The van der Waals surface area contributed by atoms with Gasteiger partial charge in [-0.1, -0.05) is 30.3 Å². The molecule has 0 saturated carbocycles. The first kappa shape index (κ1) is 13.2. The zero-order valence-corrected chi connectivity index (χ0v) is 11.3. The fraction of sp³-hybridized carbons (Fsp3) is 0.357. The average molecular weight is 262 g/mol. The summed E-state index contributed by atoms with van der Waals surface area (Å²) in [6, 6.07) is 9.80. The molecule has 0 aliphatic rings. The van der Waals surface area contributed by atoms with E-state index in [0.29, 0.717) is 0 Å². The minimum atomic E-state index is -0.385. The maximum Gasteiger partial charge on any atom is 0.0802 e. The fourth-order valence-electron chi connectivity index (χ4n) is 1.86. The first-order chi connectivity index (χ1) is 8.75. The molecule has 4 heteroatoms. The highest BCUT2D eigenvalue weighted by Gasteiger charge is 2.09. The van der Waals surface area contributed by atoms with Gasteiger partial charge in [0.05, 0.1) is 17.3 Å². The van der Waals surface area contributed by atoms with Crippen molar-refractivity contribution in [1.82, 2.24) is 9.88 Å². The molecule has 0 bridgehead atoms. The summed E-state index contributed by atoms with van der Waals surface area (Å²) in [5.74, 6) is 0. The van der Waals surface area contributed by atoms with Crippen LogP contribution in [0.2, 0.25) is 0 Å². The second-order valence-corrected chi connectivity index (χ2v) is 5.15. The Kier molecular flexibility index (Phi) is 4.87. The van der Waals surface area contributed by atoms with Gasteiger partial charge in [-0.3, -0.25) is 0 Å². The average Bonchev–Trinajstić information content (AvgIpc) is 2.90. The van der Waals surface area contributed by atoms with Crippen molar-refractivity contribution in [1.29, 1.82) is 0 Å². The predicted octanol–water partition coefficient (Wildman–Crippen LogP) is 2.70. The van der Waals surface area contributed by atoms with E-state index < -0.39 is 0 Å². The van der Waals surface area contributed by atoms with Crippen LogP contribution in [0.5, 0.6) is 0 Å². The Morgan fingerprint density at radius 1 is 1.33 bits per heavy atom. The third kappa shape index (κ3) is 3.91. The van der Waals surface area contributed by atoms with Gasteiger partial charge in [-0.05, 0) is 19.0 Å². The van der Waals surface area contributed by atoms with Gasteiger partial charge in [-0.25, -0.2) is 4.98 Å². The van der Waals surface area contributed by atoms with Crippen LogP contribution < -0.4 is 0 Å². The SMILES string of the molecule is CN(CCC(O)c1ccccc1)Cc1cscn1. The Labute approximate surface area is 112 Å². The monoisotopic (exact) mass is 262 g/mol. The number of hydrogen-bond acceptors (Lipinski definition) is 4. The van der Waals surface area contributed by atoms with Crippen LogP contribution in [0.25, 0.3) is 0 Å². The second-order valence-electron chi connectivity index (χ2n) is 4.43. The van der Waals surface area contributed by atoms with Crippen molar-refractivity contribution >= 4 is 11.3 Å². The minimum Gasteiger partial charge on any atom is -0.388 e. The fourth-order valence-corrected chi connectivity index (χ4v) is 2.41. The van der Waals surface area contributed by atoms with Crippen LogP contribution in [0.1, 0.15) is 23.8 Å². The summed E-state index contributed by atoms with van der Waals surface area (Å²) < 4.78 is 0. The Balaban J connectivity index is 1.77. The summed E-state index contributed by atoms with van der Waals surface area (Å²) >= 11 is 1.62. The lowest BCUT2D eigenvalue weighted by molar-refractivity contribution is 0.147. The summed E-state index contributed by atoms with van der Waals surface area (Å²) in [6.07, 6.45) is 0.356. The van der Waals surface area contributed by atoms with Crippen molar-refractivity contribution < 1.29 is 5.11 Å². The molecule has 0 radical (unpaired) electrons. The third-order valence-corrected chi connectivity index (χ3v) is 3.52. The van der Waals surface area contributed by atoms with Crippen molar-refractivity contribution in [3.8, 4) is 0 Å². The number of aromatic nitrogens is 1. The number of nitrogens with zero attached hydrogens (tertiary/aromatic N) is 2. The molecule has 1 unspecified atom stereocenters. The Bertz CT molecular complexity index is 444. The molecule has 18 heavy (non-hydrogen) atoms. The molecule has 1 aromatic carbocycles. The van der Waals surface area contributed by atoms with E-state index in [9.17, 15) is 5.11 Å². The smallest absolute Gasteiger partial charge is 0.0802 e. The van der Waals surface area contributed by atoms with Crippen molar-refractivity contribution in [2.45, 2.75) is 19.1 Å². The van der Waals surface area contributed by atoms with Gasteiger partial charge in [0.15, 0.2) is 0 Å². The van der Waals surface area contributed by atoms with Crippen LogP contribution in [-0.2, 0) is 6.54 Å². The first-order valence-electron chi connectivity index (χ1n) is 6.04. The number of rotatable bonds is 6. The minimum absolute atomic E-state index is 0.385. The van der Waals surface area contributed by atoms with E-state index in [1.807, 2.05) is 35.8 Å². The zero-order chi connectivity index (χ0) is 12.8. The van der Waals surface area contributed by atoms with Gasteiger partial charge in [-0.15, -0.1) is 11.3 Å². The summed E-state index contributed by atoms with van der Waals surface area (Å²) in [4.78, 5) is 6.44. The molecule has 0 saturated heterocycles. The van der Waals surface area contributed by atoms with Gasteiger partial charge in [-0.2, -0.15) is 0 Å². The molecule has 0 spiro atoms. The number of hydrogen-bond donors (Lipinski definition) is 1. The number of aliphatic hydroxyl groups is 1. The summed E-state index contributed by atoms with van der Waals surface area (Å²) in [6.45, 7) is 1.69. The highest BCUT2D eigenvalue weighted by molar-refractivity contribution is 7.07. The lowest BCUT2D eigenvalue weighted by atomic mass is 10.1. The van der Waals surface area contributed by atoms with E-state index in [2.05, 4.69) is 22.3 Å². The topological polar surface area (TPSA) is 36.4 Å². The number of aliphatic hydroxyl groups excluding tert-OH is 1. The summed E-state index contributed by atoms with van der Waals surface area (Å²) in [5.41, 5.74) is 3.93. The molecule has 0 amide bonds. The first-order valence-corrected chi connectivity index (χ1v) is 6.98. The molecule has 0 fully saturated rings. The predicted molar refractivity (Wildman–Crippen MR) is 74.5 cm³/mol. The normalized spacial score (nSPS) is 12.8. The van der Waals surface area contributed by atoms with Crippen molar-refractivity contribution in [2.24, 2.45) is 0 Å². The molecule has 2 aromatic rings. The largest absolute Gasteiger partial charge is 0.388 e. The maximum atomic E-state index is 10.1. The highest BCUT2D eigenvalue weighted by atomic mass is 32.1. The van der Waals surface area contributed by atoms with Crippen LogP contribution in [0.4, 0.5) is 0 Å². The molecule has 1 N–H and O–H groups in total. The quantitative estimate of drug-likeness (QED) is 0.869. The van der Waals surface area contributed by atoms with Crippen LogP contribution in [0.3, 0.4) is 0 Å². The molecular formula is C14H18N2OS. The second kappa shape index (κ2) is 6.64. The lowest BCUT2D eigenvalue weighted by Gasteiger charge is -2.18. The third-order valence-electron chi connectivity index (χ3n) is 2.88. The van der Waals surface area contributed by atoms with Crippen molar-refractivity contribution in [3.05, 3.63) is 52.5 Å². The molecule has 1 aromatic heterocycles. The standard InChI is InChI=1S/C14H18N2OS/c1-16(9-13-10-18-11-15-13)8-7-14(17)12-5-3-2-4-6-12/h2-6,10-11,14,17H,7-9H2,1H3. The number of thiazole rings is 1. The van der Waals surface area contributed by atoms with Gasteiger partial charge >= 0.3 is 0 Å². The Hall–Kier alpha value is -1.23. The van der Waals surface area contributed by atoms with Crippen molar-refractivity contribution in [2.75, 3.05) is 13.6 Å². The van der Waals surface area contributed by atoms with Gasteiger partial charge < -0.3 is 10.0 Å². The zero-order valence-electron chi connectivity index (χ0n) is 10.5. The summed E-state index contributed by atoms with van der Waals surface area (Å²) in [5, 5.41) is 12.1.